The van der Waals surface area contributed by atoms with Gasteiger partial charge in [0.15, 0.2) is 5.43 Å². The summed E-state index contributed by atoms with van der Waals surface area (Å²) in [6.07, 6.45) is 0. The second kappa shape index (κ2) is 7.11. The summed E-state index contributed by atoms with van der Waals surface area (Å²) in [5, 5.41) is 0.440. The van der Waals surface area contributed by atoms with E-state index in [2.05, 4.69) is 15.9 Å². The third kappa shape index (κ3) is 3.74. The van der Waals surface area contributed by atoms with Gasteiger partial charge < -0.3 is 13.9 Å². The molecule has 0 unspecified atom stereocenters. The monoisotopic (exact) mass is 402 g/mol. The molecule has 6 heteroatoms. The summed E-state index contributed by atoms with van der Waals surface area (Å²) in [5.41, 5.74) is 1.81. The number of ether oxygens (including phenoxy) is 2. The van der Waals surface area contributed by atoms with E-state index in [1.807, 2.05) is 13.0 Å². The van der Waals surface area contributed by atoms with Crippen molar-refractivity contribution >= 4 is 32.9 Å². The summed E-state index contributed by atoms with van der Waals surface area (Å²) in [4.78, 5) is 24.4. The van der Waals surface area contributed by atoms with Crippen molar-refractivity contribution in [2.75, 3.05) is 7.11 Å². The second-order valence-electron chi connectivity index (χ2n) is 5.52. The SMILES string of the molecule is COc1ccc(COC(=O)c2cc(=O)c3cc(C)ccc3o2)cc1Br. The van der Waals surface area contributed by atoms with E-state index in [9.17, 15) is 9.59 Å². The Bertz CT molecular complexity index is 1010. The highest BCUT2D eigenvalue weighted by Gasteiger charge is 2.14. The Labute approximate surface area is 152 Å². The van der Waals surface area contributed by atoms with Gasteiger partial charge >= 0.3 is 5.97 Å². The molecule has 128 valence electrons. The third-order valence-electron chi connectivity index (χ3n) is 3.67. The zero-order valence-corrected chi connectivity index (χ0v) is 15.3. The number of carbonyl (C=O) groups is 1. The maximum Gasteiger partial charge on any atom is 0.374 e. The summed E-state index contributed by atoms with van der Waals surface area (Å²) in [5.74, 6) is -0.119. The van der Waals surface area contributed by atoms with Crippen molar-refractivity contribution in [1.82, 2.24) is 0 Å². The minimum Gasteiger partial charge on any atom is -0.496 e. The molecule has 0 spiro atoms. The van der Waals surface area contributed by atoms with E-state index < -0.39 is 5.97 Å². The number of benzene rings is 2. The molecule has 0 N–H and O–H groups in total. The van der Waals surface area contributed by atoms with Gasteiger partial charge in [-0.1, -0.05) is 17.7 Å². The molecule has 2 aromatic carbocycles. The molecule has 5 nitrogen and oxygen atoms in total. The van der Waals surface area contributed by atoms with Gasteiger partial charge in [-0.15, -0.1) is 0 Å². The van der Waals surface area contributed by atoms with Gasteiger partial charge in [0, 0.05) is 6.07 Å². The zero-order chi connectivity index (χ0) is 18.0. The molecular formula is C19H15BrO5. The van der Waals surface area contributed by atoms with Crippen LogP contribution < -0.4 is 10.2 Å². The predicted octanol–water partition coefficient (Wildman–Crippen LogP) is 4.23. The quantitative estimate of drug-likeness (QED) is 0.610. The maximum absolute atomic E-state index is 12.2. The molecule has 0 aliphatic carbocycles. The molecule has 0 amide bonds. The minimum absolute atomic E-state index is 0.0527. The van der Waals surface area contributed by atoms with E-state index in [0.717, 1.165) is 21.7 Å². The third-order valence-corrected chi connectivity index (χ3v) is 4.29. The van der Waals surface area contributed by atoms with E-state index in [1.165, 1.54) is 0 Å². The Morgan fingerprint density at radius 1 is 1.16 bits per heavy atom. The van der Waals surface area contributed by atoms with Gasteiger partial charge in [-0.05, 0) is 52.7 Å². The Hall–Kier alpha value is -2.60. The van der Waals surface area contributed by atoms with Crippen LogP contribution in [0.5, 0.6) is 5.75 Å². The van der Waals surface area contributed by atoms with Crippen LogP contribution in [0.1, 0.15) is 21.7 Å². The van der Waals surface area contributed by atoms with E-state index in [-0.39, 0.29) is 17.8 Å². The summed E-state index contributed by atoms with van der Waals surface area (Å²) >= 11 is 3.38. The summed E-state index contributed by atoms with van der Waals surface area (Å²) < 4.78 is 16.7. The van der Waals surface area contributed by atoms with E-state index in [4.69, 9.17) is 13.9 Å². The molecule has 25 heavy (non-hydrogen) atoms. The van der Waals surface area contributed by atoms with Crippen LogP contribution in [-0.4, -0.2) is 13.1 Å². The number of methoxy groups -OCH3 is 1. The standard InChI is InChI=1S/C19H15BrO5/c1-11-3-5-16-13(7-11)15(21)9-18(25-16)19(22)24-10-12-4-6-17(23-2)14(20)8-12/h3-9H,10H2,1-2H3. The number of hydrogen-bond acceptors (Lipinski definition) is 5. The van der Waals surface area contributed by atoms with Crippen molar-refractivity contribution < 1.29 is 18.7 Å². The van der Waals surface area contributed by atoms with Crippen molar-refractivity contribution in [2.45, 2.75) is 13.5 Å². The minimum atomic E-state index is -0.688. The van der Waals surface area contributed by atoms with Gasteiger partial charge in [-0.2, -0.15) is 0 Å². The topological polar surface area (TPSA) is 65.7 Å². The number of carbonyl (C=O) groups excluding carboxylic acids is 1. The van der Waals surface area contributed by atoms with E-state index >= 15 is 0 Å². The number of hydrogen-bond donors (Lipinski definition) is 0. The van der Waals surface area contributed by atoms with E-state index in [0.29, 0.717) is 16.7 Å². The van der Waals surface area contributed by atoms with Gasteiger partial charge in [0.1, 0.15) is 17.9 Å². The normalized spacial score (nSPS) is 10.7. The molecule has 3 rings (SSSR count). The highest BCUT2D eigenvalue weighted by Crippen LogP contribution is 2.26. The lowest BCUT2D eigenvalue weighted by Gasteiger charge is -2.08. The summed E-state index contributed by atoms with van der Waals surface area (Å²) in [6.45, 7) is 1.94. The lowest BCUT2D eigenvalue weighted by molar-refractivity contribution is 0.0436. The molecule has 1 heterocycles. The average molecular weight is 403 g/mol. The molecule has 0 bridgehead atoms. The second-order valence-corrected chi connectivity index (χ2v) is 6.37. The van der Waals surface area contributed by atoms with Gasteiger partial charge in [0.05, 0.1) is 17.0 Å². The van der Waals surface area contributed by atoms with Gasteiger partial charge in [0.25, 0.3) is 0 Å². The average Bonchev–Trinajstić information content (AvgIpc) is 2.60. The van der Waals surface area contributed by atoms with Gasteiger partial charge in [-0.25, -0.2) is 4.79 Å². The summed E-state index contributed by atoms with van der Waals surface area (Å²) in [6, 6.07) is 11.7. The van der Waals surface area contributed by atoms with Crippen molar-refractivity contribution in [3.63, 3.8) is 0 Å². The molecule has 0 aliphatic rings. The van der Waals surface area contributed by atoms with Crippen molar-refractivity contribution in [3.8, 4) is 5.75 Å². The maximum atomic E-state index is 12.2. The highest BCUT2D eigenvalue weighted by molar-refractivity contribution is 9.10. The first-order valence-corrected chi connectivity index (χ1v) is 8.31. The zero-order valence-electron chi connectivity index (χ0n) is 13.7. The van der Waals surface area contributed by atoms with Crippen LogP contribution in [0, 0.1) is 6.92 Å². The lowest BCUT2D eigenvalue weighted by atomic mass is 10.1. The van der Waals surface area contributed by atoms with Crippen LogP contribution in [0.2, 0.25) is 0 Å². The fourth-order valence-corrected chi connectivity index (χ4v) is 2.98. The molecule has 0 saturated carbocycles. The van der Waals surface area contributed by atoms with Crippen LogP contribution in [0.3, 0.4) is 0 Å². The number of fused-ring (bicyclic) bond motifs is 1. The lowest BCUT2D eigenvalue weighted by Crippen LogP contribution is -2.10. The number of rotatable bonds is 4. The Morgan fingerprint density at radius 2 is 1.96 bits per heavy atom. The molecular weight excluding hydrogens is 388 g/mol. The Balaban J connectivity index is 1.79. The fourth-order valence-electron chi connectivity index (χ4n) is 2.39. The Morgan fingerprint density at radius 3 is 2.68 bits per heavy atom. The molecule has 0 aliphatic heterocycles. The van der Waals surface area contributed by atoms with Crippen LogP contribution in [0.4, 0.5) is 0 Å². The smallest absolute Gasteiger partial charge is 0.374 e. The molecule has 0 saturated heterocycles. The molecule has 3 aromatic rings. The van der Waals surface area contributed by atoms with Crippen LogP contribution in [-0.2, 0) is 11.3 Å². The fraction of sp³-hybridized carbons (Fsp3) is 0.158. The largest absolute Gasteiger partial charge is 0.496 e. The first kappa shape index (κ1) is 17.2. The number of esters is 1. The highest BCUT2D eigenvalue weighted by atomic mass is 79.9. The molecule has 0 atom stereocenters. The van der Waals surface area contributed by atoms with Gasteiger partial charge in [-0.3, -0.25) is 4.79 Å². The number of aryl methyl sites for hydroxylation is 1. The van der Waals surface area contributed by atoms with Crippen molar-refractivity contribution in [1.29, 1.82) is 0 Å². The van der Waals surface area contributed by atoms with Crippen LogP contribution in [0.25, 0.3) is 11.0 Å². The molecule has 1 aromatic heterocycles. The number of halogens is 1. The van der Waals surface area contributed by atoms with Crippen molar-refractivity contribution in [2.24, 2.45) is 0 Å². The van der Waals surface area contributed by atoms with E-state index in [1.54, 1.807) is 37.4 Å². The Kier molecular flexibility index (Phi) is 4.90. The predicted molar refractivity (Wildman–Crippen MR) is 97.0 cm³/mol. The summed E-state index contributed by atoms with van der Waals surface area (Å²) in [7, 11) is 1.57. The van der Waals surface area contributed by atoms with Gasteiger partial charge in [0.2, 0.25) is 5.76 Å². The first-order chi connectivity index (χ1) is 12.0. The molecule has 0 radical (unpaired) electrons. The first-order valence-electron chi connectivity index (χ1n) is 7.52. The van der Waals surface area contributed by atoms with Crippen LogP contribution in [0.15, 0.2) is 56.1 Å². The molecule has 0 fully saturated rings. The van der Waals surface area contributed by atoms with Crippen molar-refractivity contribution in [3.05, 3.63) is 74.0 Å². The van der Waals surface area contributed by atoms with Crippen LogP contribution >= 0.6 is 15.9 Å².